The number of imide groups is 1. The summed E-state index contributed by atoms with van der Waals surface area (Å²) >= 11 is 3.02. The molecule has 3 rings (SSSR count). The maximum absolute atomic E-state index is 13.1. The van der Waals surface area contributed by atoms with Crippen molar-refractivity contribution in [3.8, 4) is 11.5 Å². The maximum Gasteiger partial charge on any atom is 0.293 e. The second kappa shape index (κ2) is 10.1. The number of nitrogens with zero attached hydrogens (tertiary/aromatic N) is 1. The highest BCUT2D eigenvalue weighted by Gasteiger charge is 2.35. The van der Waals surface area contributed by atoms with Crippen LogP contribution in [0.15, 0.2) is 54.0 Å². The Labute approximate surface area is 192 Å². The predicted octanol–water partition coefficient (Wildman–Crippen LogP) is 5.63. The number of hydrogen-bond donors (Lipinski definition) is 0. The molecule has 0 atom stereocenters. The van der Waals surface area contributed by atoms with Gasteiger partial charge in [0.25, 0.3) is 11.1 Å². The van der Waals surface area contributed by atoms with E-state index in [1.165, 1.54) is 12.1 Å². The molecular weight excluding hydrogens is 520 g/mol. The fraction of sp³-hybridized carbons (Fsp3) is 0.182. The van der Waals surface area contributed by atoms with Gasteiger partial charge in [-0.05, 0) is 82.7 Å². The Morgan fingerprint density at radius 2 is 1.93 bits per heavy atom. The van der Waals surface area contributed by atoms with Crippen molar-refractivity contribution in [2.24, 2.45) is 0 Å². The van der Waals surface area contributed by atoms with Crippen molar-refractivity contribution in [1.29, 1.82) is 0 Å². The Hall–Kier alpha value is -2.33. The Bertz CT molecular complexity index is 1010. The Morgan fingerprint density at radius 1 is 1.20 bits per heavy atom. The lowest BCUT2D eigenvalue weighted by atomic mass is 10.1. The molecule has 5 nitrogen and oxygen atoms in total. The smallest absolute Gasteiger partial charge is 0.293 e. The van der Waals surface area contributed by atoms with Crippen LogP contribution in [0.5, 0.6) is 11.5 Å². The van der Waals surface area contributed by atoms with E-state index in [0.717, 1.165) is 25.8 Å². The number of carbonyl (C=O) groups is 2. The zero-order chi connectivity index (χ0) is 21.7. The van der Waals surface area contributed by atoms with E-state index in [1.54, 1.807) is 30.4 Å². The van der Waals surface area contributed by atoms with E-state index in [-0.39, 0.29) is 23.5 Å². The molecule has 0 unspecified atom stereocenters. The van der Waals surface area contributed by atoms with Crippen molar-refractivity contribution in [1.82, 2.24) is 4.90 Å². The van der Waals surface area contributed by atoms with Crippen molar-refractivity contribution >= 4 is 51.6 Å². The summed E-state index contributed by atoms with van der Waals surface area (Å²) in [4.78, 5) is 26.6. The second-order valence-corrected chi connectivity index (χ2v) is 8.41. The molecule has 2 aromatic carbocycles. The molecule has 156 valence electrons. The van der Waals surface area contributed by atoms with Crippen LogP contribution in [0.25, 0.3) is 6.08 Å². The van der Waals surface area contributed by atoms with Crippen LogP contribution in [-0.4, -0.2) is 29.3 Å². The standard InChI is InChI=1S/C22H19FINO4S/c1-3-9-29-20-17(24)10-15(11-18(20)28-4-2)12-19-21(26)25(22(27)30-19)13-14-5-7-16(23)8-6-14/h3,5-8,10-12H,1,4,9,13H2,2H3/b19-12+. The van der Waals surface area contributed by atoms with E-state index in [0.29, 0.717) is 35.2 Å². The third kappa shape index (κ3) is 5.23. The average molecular weight is 539 g/mol. The molecule has 1 aliphatic heterocycles. The molecular formula is C22H19FINO4S. The van der Waals surface area contributed by atoms with Crippen LogP contribution in [0, 0.1) is 9.39 Å². The molecule has 0 aromatic heterocycles. The Morgan fingerprint density at radius 3 is 2.60 bits per heavy atom. The first-order valence-corrected chi connectivity index (χ1v) is 11.0. The number of hydrogen-bond acceptors (Lipinski definition) is 5. The molecule has 0 radical (unpaired) electrons. The topological polar surface area (TPSA) is 55.8 Å². The normalized spacial score (nSPS) is 15.0. The maximum atomic E-state index is 13.1. The molecule has 8 heteroatoms. The first-order valence-electron chi connectivity index (χ1n) is 9.12. The molecule has 0 N–H and O–H groups in total. The minimum absolute atomic E-state index is 0.0956. The lowest BCUT2D eigenvalue weighted by Crippen LogP contribution is -2.27. The van der Waals surface area contributed by atoms with Gasteiger partial charge in [0.05, 0.1) is 21.6 Å². The van der Waals surface area contributed by atoms with Gasteiger partial charge in [-0.1, -0.05) is 24.8 Å². The van der Waals surface area contributed by atoms with Gasteiger partial charge >= 0.3 is 0 Å². The van der Waals surface area contributed by atoms with E-state index in [4.69, 9.17) is 9.47 Å². The largest absolute Gasteiger partial charge is 0.490 e. The lowest BCUT2D eigenvalue weighted by molar-refractivity contribution is -0.123. The fourth-order valence-corrected chi connectivity index (χ4v) is 4.40. The highest BCUT2D eigenvalue weighted by molar-refractivity contribution is 14.1. The van der Waals surface area contributed by atoms with Crippen LogP contribution >= 0.6 is 34.4 Å². The highest BCUT2D eigenvalue weighted by atomic mass is 127. The summed E-state index contributed by atoms with van der Waals surface area (Å²) in [7, 11) is 0. The minimum Gasteiger partial charge on any atom is -0.490 e. The van der Waals surface area contributed by atoms with Gasteiger partial charge in [-0.3, -0.25) is 14.5 Å². The Balaban J connectivity index is 1.85. The van der Waals surface area contributed by atoms with Gasteiger partial charge in [-0.2, -0.15) is 0 Å². The summed E-state index contributed by atoms with van der Waals surface area (Å²) in [6.45, 7) is 6.42. The third-order valence-corrected chi connectivity index (χ3v) is 5.81. The molecule has 0 aliphatic carbocycles. The number of halogens is 2. The minimum atomic E-state index is -0.380. The van der Waals surface area contributed by atoms with Crippen molar-refractivity contribution in [3.63, 3.8) is 0 Å². The zero-order valence-electron chi connectivity index (χ0n) is 16.2. The van der Waals surface area contributed by atoms with Crippen molar-refractivity contribution in [3.05, 3.63) is 74.5 Å². The first-order chi connectivity index (χ1) is 14.4. The highest BCUT2D eigenvalue weighted by Crippen LogP contribution is 2.37. The lowest BCUT2D eigenvalue weighted by Gasteiger charge is -2.14. The van der Waals surface area contributed by atoms with Crippen LogP contribution in [0.3, 0.4) is 0 Å². The summed E-state index contributed by atoms with van der Waals surface area (Å²) in [5.41, 5.74) is 1.40. The van der Waals surface area contributed by atoms with Crippen LogP contribution in [0.1, 0.15) is 18.1 Å². The summed E-state index contributed by atoms with van der Waals surface area (Å²) in [5.74, 6) is 0.421. The van der Waals surface area contributed by atoms with Crippen LogP contribution in [0.2, 0.25) is 0 Å². The molecule has 2 amide bonds. The summed E-state index contributed by atoms with van der Waals surface area (Å²) in [6, 6.07) is 9.35. The van der Waals surface area contributed by atoms with Gasteiger partial charge in [0, 0.05) is 0 Å². The van der Waals surface area contributed by atoms with E-state index in [9.17, 15) is 14.0 Å². The van der Waals surface area contributed by atoms with Gasteiger partial charge < -0.3 is 9.47 Å². The number of thioether (sulfide) groups is 1. The molecule has 1 fully saturated rings. The first kappa shape index (κ1) is 22.4. The quantitative estimate of drug-likeness (QED) is 0.247. The second-order valence-electron chi connectivity index (χ2n) is 6.26. The van der Waals surface area contributed by atoms with Crippen LogP contribution < -0.4 is 9.47 Å². The van der Waals surface area contributed by atoms with Crippen molar-refractivity contribution in [2.45, 2.75) is 13.5 Å². The number of benzene rings is 2. The number of carbonyl (C=O) groups excluding carboxylic acids is 2. The Kier molecular flexibility index (Phi) is 7.54. The fourth-order valence-electron chi connectivity index (χ4n) is 2.78. The van der Waals surface area contributed by atoms with Crippen LogP contribution in [0.4, 0.5) is 9.18 Å². The van der Waals surface area contributed by atoms with Crippen molar-refractivity contribution in [2.75, 3.05) is 13.2 Å². The monoisotopic (exact) mass is 539 g/mol. The van der Waals surface area contributed by atoms with E-state index < -0.39 is 0 Å². The summed E-state index contributed by atoms with van der Waals surface area (Å²) < 4.78 is 25.3. The van der Waals surface area contributed by atoms with E-state index in [1.807, 2.05) is 13.0 Å². The molecule has 0 saturated carbocycles. The molecule has 1 heterocycles. The van der Waals surface area contributed by atoms with Gasteiger partial charge in [-0.25, -0.2) is 4.39 Å². The third-order valence-electron chi connectivity index (χ3n) is 4.10. The molecule has 2 aromatic rings. The summed E-state index contributed by atoms with van der Waals surface area (Å²) in [5, 5.41) is -0.360. The van der Waals surface area contributed by atoms with Crippen molar-refractivity contribution < 1.29 is 23.5 Å². The van der Waals surface area contributed by atoms with Gasteiger partial charge in [-0.15, -0.1) is 0 Å². The van der Waals surface area contributed by atoms with Gasteiger partial charge in [0.15, 0.2) is 11.5 Å². The molecule has 1 saturated heterocycles. The SMILES string of the molecule is C=CCOc1c(I)cc(/C=C2/SC(=O)N(Cc3ccc(F)cc3)C2=O)cc1OCC. The van der Waals surface area contributed by atoms with Gasteiger partial charge in [0.1, 0.15) is 12.4 Å². The average Bonchev–Trinajstić information content (AvgIpc) is 2.96. The van der Waals surface area contributed by atoms with Crippen LogP contribution in [-0.2, 0) is 11.3 Å². The predicted molar refractivity (Wildman–Crippen MR) is 124 cm³/mol. The number of ether oxygens (including phenoxy) is 2. The number of rotatable bonds is 8. The zero-order valence-corrected chi connectivity index (χ0v) is 19.2. The number of amides is 2. The molecule has 1 aliphatic rings. The van der Waals surface area contributed by atoms with E-state index >= 15 is 0 Å². The molecule has 30 heavy (non-hydrogen) atoms. The molecule has 0 spiro atoms. The van der Waals surface area contributed by atoms with Gasteiger partial charge in [0.2, 0.25) is 0 Å². The van der Waals surface area contributed by atoms with E-state index in [2.05, 4.69) is 29.2 Å². The summed E-state index contributed by atoms with van der Waals surface area (Å²) in [6.07, 6.45) is 3.31. The molecule has 0 bridgehead atoms.